The summed E-state index contributed by atoms with van der Waals surface area (Å²) in [5.74, 6) is -0.322. The average molecular weight is 333 g/mol. The highest BCUT2D eigenvalue weighted by molar-refractivity contribution is 7.09. The largest absolute Gasteiger partial charge is 0.448 e. The zero-order valence-electron chi connectivity index (χ0n) is 12.2. The number of amides is 2. The molecule has 120 valence electrons. The van der Waals surface area contributed by atoms with Gasteiger partial charge in [0.25, 0.3) is 5.91 Å². The maximum atomic E-state index is 12.0. The van der Waals surface area contributed by atoms with Gasteiger partial charge in [-0.25, -0.2) is 9.78 Å². The number of nitrogens with one attached hydrogen (secondary N) is 1. The lowest BCUT2D eigenvalue weighted by Gasteiger charge is -2.12. The minimum atomic E-state index is -0.322. The molecule has 2 amide bonds. The van der Waals surface area contributed by atoms with Gasteiger partial charge in [-0.05, 0) is 17.7 Å². The third-order valence-corrected chi connectivity index (χ3v) is 4.18. The molecule has 8 heteroatoms. The molecular formula is C15H15N3O4S. The first kappa shape index (κ1) is 15.4. The Morgan fingerprint density at radius 3 is 2.78 bits per heavy atom. The van der Waals surface area contributed by atoms with E-state index in [4.69, 9.17) is 9.84 Å². The van der Waals surface area contributed by atoms with E-state index in [1.165, 1.54) is 11.3 Å². The van der Waals surface area contributed by atoms with Crippen molar-refractivity contribution in [3.8, 4) is 0 Å². The lowest BCUT2D eigenvalue weighted by molar-refractivity contribution is 0.102. The van der Waals surface area contributed by atoms with Crippen molar-refractivity contribution in [2.45, 2.75) is 13.2 Å². The van der Waals surface area contributed by atoms with Crippen molar-refractivity contribution < 1.29 is 19.4 Å². The molecule has 0 unspecified atom stereocenters. The van der Waals surface area contributed by atoms with E-state index in [0.717, 1.165) is 5.56 Å². The number of aliphatic hydroxyl groups is 1. The number of aromatic nitrogens is 1. The van der Waals surface area contributed by atoms with Crippen LogP contribution in [0, 0.1) is 0 Å². The van der Waals surface area contributed by atoms with Crippen LogP contribution in [0.2, 0.25) is 0 Å². The number of hydrogen-bond donors (Lipinski definition) is 2. The maximum Gasteiger partial charge on any atom is 0.410 e. The first-order chi connectivity index (χ1) is 11.2. The predicted molar refractivity (Wildman–Crippen MR) is 84.2 cm³/mol. The molecule has 1 fully saturated rings. The van der Waals surface area contributed by atoms with Crippen LogP contribution >= 0.6 is 11.3 Å². The molecular weight excluding hydrogens is 318 g/mol. The number of nitrogens with zero attached hydrogens (tertiary/aromatic N) is 2. The third kappa shape index (κ3) is 3.66. The molecule has 0 saturated carbocycles. The van der Waals surface area contributed by atoms with Gasteiger partial charge in [-0.2, -0.15) is 0 Å². The van der Waals surface area contributed by atoms with E-state index in [2.05, 4.69) is 10.3 Å². The smallest absolute Gasteiger partial charge is 0.410 e. The van der Waals surface area contributed by atoms with Crippen molar-refractivity contribution in [2.24, 2.45) is 0 Å². The van der Waals surface area contributed by atoms with Crippen LogP contribution in [0.15, 0.2) is 29.6 Å². The predicted octanol–water partition coefficient (Wildman–Crippen LogP) is 1.84. The number of carbonyl (C=O) groups is 2. The molecule has 1 aromatic heterocycles. The molecule has 7 nitrogen and oxygen atoms in total. The van der Waals surface area contributed by atoms with E-state index in [1.807, 2.05) is 12.1 Å². The Bertz CT molecular complexity index is 714. The summed E-state index contributed by atoms with van der Waals surface area (Å²) in [5.41, 5.74) is 1.88. The van der Waals surface area contributed by atoms with Gasteiger partial charge in [-0.1, -0.05) is 12.1 Å². The van der Waals surface area contributed by atoms with E-state index in [-0.39, 0.29) is 24.3 Å². The summed E-state index contributed by atoms with van der Waals surface area (Å²) in [6.07, 6.45) is -0.300. The number of benzene rings is 1. The lowest BCUT2D eigenvalue weighted by Crippen LogP contribution is -2.23. The number of anilines is 1. The molecule has 0 spiro atoms. The highest BCUT2D eigenvalue weighted by atomic mass is 32.1. The van der Waals surface area contributed by atoms with Gasteiger partial charge in [0.1, 0.15) is 17.3 Å². The Labute approximate surface area is 136 Å². The summed E-state index contributed by atoms with van der Waals surface area (Å²) < 4.78 is 4.88. The molecule has 1 aliphatic rings. The minimum absolute atomic E-state index is 0.175. The summed E-state index contributed by atoms with van der Waals surface area (Å²) >= 11 is 1.24. The summed E-state index contributed by atoms with van der Waals surface area (Å²) in [4.78, 5) is 29.1. The molecule has 3 rings (SSSR count). The maximum absolute atomic E-state index is 12.0. The zero-order valence-corrected chi connectivity index (χ0v) is 13.0. The first-order valence-corrected chi connectivity index (χ1v) is 7.91. The second kappa shape index (κ2) is 6.76. The third-order valence-electron chi connectivity index (χ3n) is 3.35. The Kier molecular flexibility index (Phi) is 4.54. The average Bonchev–Trinajstić information content (AvgIpc) is 3.19. The van der Waals surface area contributed by atoms with Crippen molar-refractivity contribution in [3.63, 3.8) is 0 Å². The fraction of sp³-hybridized carbons (Fsp3) is 0.267. The molecule has 0 radical (unpaired) electrons. The van der Waals surface area contributed by atoms with Crippen LogP contribution in [0.4, 0.5) is 10.5 Å². The second-order valence-electron chi connectivity index (χ2n) is 4.97. The lowest BCUT2D eigenvalue weighted by atomic mass is 10.2. The van der Waals surface area contributed by atoms with E-state index in [9.17, 15) is 9.59 Å². The van der Waals surface area contributed by atoms with Crippen molar-refractivity contribution in [1.29, 1.82) is 0 Å². The van der Waals surface area contributed by atoms with Crippen molar-refractivity contribution in [1.82, 2.24) is 9.88 Å². The summed E-state index contributed by atoms with van der Waals surface area (Å²) in [5, 5.41) is 13.8. The van der Waals surface area contributed by atoms with Crippen molar-refractivity contribution >= 4 is 29.0 Å². The summed E-state index contributed by atoms with van der Waals surface area (Å²) in [6.45, 7) is 1.33. The van der Waals surface area contributed by atoms with Crippen LogP contribution in [0.5, 0.6) is 0 Å². The fourth-order valence-electron chi connectivity index (χ4n) is 2.17. The fourth-order valence-corrected chi connectivity index (χ4v) is 2.80. The number of hydrogen-bond acceptors (Lipinski definition) is 6. The molecule has 0 aliphatic carbocycles. The number of thiazole rings is 1. The standard InChI is InChI=1S/C15H15N3O4S/c19-8-13-17-12(9-23-13)14(20)16-11-3-1-10(2-4-11)7-18-5-6-22-15(18)21/h1-4,9,19H,5-8H2,(H,16,20). The molecule has 0 atom stereocenters. The molecule has 23 heavy (non-hydrogen) atoms. The summed E-state index contributed by atoms with van der Waals surface area (Å²) in [6, 6.07) is 7.24. The quantitative estimate of drug-likeness (QED) is 0.871. The molecule has 2 N–H and O–H groups in total. The highest BCUT2D eigenvalue weighted by Gasteiger charge is 2.21. The monoisotopic (exact) mass is 333 g/mol. The number of aliphatic hydroxyl groups excluding tert-OH is 1. The highest BCUT2D eigenvalue weighted by Crippen LogP contribution is 2.16. The summed E-state index contributed by atoms with van der Waals surface area (Å²) in [7, 11) is 0. The second-order valence-corrected chi connectivity index (χ2v) is 5.91. The van der Waals surface area contributed by atoms with Gasteiger partial charge in [0.2, 0.25) is 0 Å². The Morgan fingerprint density at radius 2 is 2.17 bits per heavy atom. The molecule has 0 bridgehead atoms. The normalized spacial score (nSPS) is 14.0. The van der Waals surface area contributed by atoms with Gasteiger partial charge in [0, 0.05) is 17.6 Å². The van der Waals surface area contributed by atoms with Crippen LogP contribution in [-0.2, 0) is 17.9 Å². The van der Waals surface area contributed by atoms with Crippen molar-refractivity contribution in [3.05, 3.63) is 45.9 Å². The number of ether oxygens (including phenoxy) is 1. The molecule has 2 heterocycles. The van der Waals surface area contributed by atoms with Crippen LogP contribution in [-0.4, -0.2) is 40.1 Å². The Balaban J connectivity index is 1.60. The Hall–Kier alpha value is -2.45. The van der Waals surface area contributed by atoms with Crippen LogP contribution in [0.25, 0.3) is 0 Å². The van der Waals surface area contributed by atoms with Crippen LogP contribution in [0.3, 0.4) is 0 Å². The zero-order chi connectivity index (χ0) is 16.2. The van der Waals surface area contributed by atoms with Gasteiger partial charge in [0.15, 0.2) is 0 Å². The first-order valence-electron chi connectivity index (χ1n) is 7.03. The van der Waals surface area contributed by atoms with Crippen LogP contribution < -0.4 is 5.32 Å². The van der Waals surface area contributed by atoms with Gasteiger partial charge >= 0.3 is 6.09 Å². The van der Waals surface area contributed by atoms with Gasteiger partial charge < -0.3 is 20.1 Å². The number of carbonyl (C=O) groups excluding carboxylic acids is 2. The van der Waals surface area contributed by atoms with Crippen molar-refractivity contribution in [2.75, 3.05) is 18.5 Å². The van der Waals surface area contributed by atoms with E-state index in [0.29, 0.717) is 30.4 Å². The van der Waals surface area contributed by atoms with Crippen LogP contribution in [0.1, 0.15) is 21.1 Å². The minimum Gasteiger partial charge on any atom is -0.448 e. The number of cyclic esters (lactones) is 1. The van der Waals surface area contributed by atoms with Gasteiger partial charge in [-0.3, -0.25) is 4.79 Å². The van der Waals surface area contributed by atoms with E-state index >= 15 is 0 Å². The SMILES string of the molecule is O=C(Nc1ccc(CN2CCOC2=O)cc1)c1csc(CO)n1. The van der Waals surface area contributed by atoms with E-state index < -0.39 is 0 Å². The molecule has 1 aliphatic heterocycles. The number of rotatable bonds is 5. The van der Waals surface area contributed by atoms with E-state index in [1.54, 1.807) is 22.4 Å². The topological polar surface area (TPSA) is 91.8 Å². The Morgan fingerprint density at radius 1 is 1.39 bits per heavy atom. The molecule has 2 aromatic rings. The molecule has 1 aromatic carbocycles. The molecule has 1 saturated heterocycles. The van der Waals surface area contributed by atoms with Gasteiger partial charge in [0.05, 0.1) is 13.2 Å². The van der Waals surface area contributed by atoms with Gasteiger partial charge in [-0.15, -0.1) is 11.3 Å².